The third kappa shape index (κ3) is 2.55. The molecule has 0 saturated carbocycles. The number of fused-ring (bicyclic) bond motifs is 2. The summed E-state index contributed by atoms with van der Waals surface area (Å²) in [6.07, 6.45) is 7.88. The second kappa shape index (κ2) is 6.29. The lowest BCUT2D eigenvalue weighted by atomic mass is 9.77. The van der Waals surface area contributed by atoms with Gasteiger partial charge in [0.2, 0.25) is 0 Å². The maximum atomic E-state index is 4.70. The number of aromatic nitrogens is 3. The topological polar surface area (TPSA) is 56.8 Å². The molecule has 0 unspecified atom stereocenters. The maximum absolute atomic E-state index is 4.70. The van der Waals surface area contributed by atoms with Gasteiger partial charge in [-0.3, -0.25) is 0 Å². The quantitative estimate of drug-likeness (QED) is 0.533. The Morgan fingerprint density at radius 2 is 2.00 bits per heavy atom. The molecule has 3 aromatic heterocycles. The van der Waals surface area contributed by atoms with Crippen LogP contribution in [0.1, 0.15) is 19.3 Å². The van der Waals surface area contributed by atoms with E-state index in [1.165, 1.54) is 59.3 Å². The van der Waals surface area contributed by atoms with Crippen molar-refractivity contribution < 1.29 is 0 Å². The van der Waals surface area contributed by atoms with Crippen molar-refractivity contribution in [2.75, 3.05) is 31.1 Å². The number of hydrogen-bond donors (Lipinski definition) is 2. The number of aromatic amines is 1. The molecular formula is C22H23N5S. The molecule has 2 saturated heterocycles. The molecule has 142 valence electrons. The van der Waals surface area contributed by atoms with Gasteiger partial charge in [-0.2, -0.15) is 0 Å². The molecule has 1 aromatic carbocycles. The Morgan fingerprint density at radius 1 is 1.07 bits per heavy atom. The van der Waals surface area contributed by atoms with Crippen molar-refractivity contribution in [1.82, 2.24) is 20.3 Å². The van der Waals surface area contributed by atoms with Crippen LogP contribution in [0.25, 0.3) is 32.4 Å². The zero-order chi connectivity index (χ0) is 18.6. The molecule has 6 heteroatoms. The number of thiazole rings is 1. The number of nitrogens with one attached hydrogen (secondary N) is 2. The van der Waals surface area contributed by atoms with E-state index in [1.807, 2.05) is 17.9 Å². The van der Waals surface area contributed by atoms with Crippen LogP contribution in [0.4, 0.5) is 5.69 Å². The van der Waals surface area contributed by atoms with Crippen LogP contribution in [0.2, 0.25) is 0 Å². The second-order valence-corrected chi connectivity index (χ2v) is 9.10. The van der Waals surface area contributed by atoms with Crippen molar-refractivity contribution >= 4 is 38.3 Å². The van der Waals surface area contributed by atoms with E-state index < -0.39 is 0 Å². The number of benzene rings is 1. The molecule has 0 aliphatic carbocycles. The first-order valence-corrected chi connectivity index (χ1v) is 10.9. The lowest BCUT2D eigenvalue weighted by Gasteiger charge is -2.40. The lowest BCUT2D eigenvalue weighted by Crippen LogP contribution is -2.41. The highest BCUT2D eigenvalue weighted by Crippen LogP contribution is 2.43. The predicted octanol–water partition coefficient (Wildman–Crippen LogP) is 4.42. The average molecular weight is 390 g/mol. The van der Waals surface area contributed by atoms with Gasteiger partial charge in [0.05, 0.1) is 21.4 Å². The van der Waals surface area contributed by atoms with Crippen LogP contribution in [0.3, 0.4) is 0 Å². The number of H-pyrrole nitrogens is 1. The fourth-order valence-electron chi connectivity index (χ4n) is 5.00. The van der Waals surface area contributed by atoms with Gasteiger partial charge in [-0.05, 0) is 55.0 Å². The van der Waals surface area contributed by atoms with Gasteiger partial charge in [0.15, 0.2) is 0 Å². The summed E-state index contributed by atoms with van der Waals surface area (Å²) in [6.45, 7) is 4.58. The molecule has 6 rings (SSSR count). The first-order valence-electron chi connectivity index (χ1n) is 10.1. The Hall–Kier alpha value is -2.44. The van der Waals surface area contributed by atoms with Gasteiger partial charge in [0.1, 0.15) is 5.65 Å². The fraction of sp³-hybridized carbons (Fsp3) is 0.364. The normalized spacial score (nSPS) is 19.2. The van der Waals surface area contributed by atoms with Crippen LogP contribution in [-0.4, -0.2) is 41.1 Å². The summed E-state index contributed by atoms with van der Waals surface area (Å²) in [7, 11) is 0. The fourth-order valence-corrected chi connectivity index (χ4v) is 5.66. The summed E-state index contributed by atoms with van der Waals surface area (Å²) < 4.78 is 1.23. The largest absolute Gasteiger partial charge is 0.370 e. The number of rotatable bonds is 2. The standard InChI is InChI=1S/C22H23N5S/c1-2-19-18(26-14-28-19)11-15(1)17-12-25-21-16(3-7-24-21)20(17)27-9-5-22(6-10-27)4-8-23-13-22/h1-3,7,11-12,14,23H,4-6,8-10,13H2,(H,24,25). The third-order valence-corrected chi connectivity index (χ3v) is 7.48. The molecular weight excluding hydrogens is 366 g/mol. The molecule has 0 radical (unpaired) electrons. The maximum Gasteiger partial charge on any atom is 0.139 e. The molecule has 28 heavy (non-hydrogen) atoms. The first-order chi connectivity index (χ1) is 13.8. The molecule has 0 atom stereocenters. The van der Waals surface area contributed by atoms with Crippen molar-refractivity contribution in [2.45, 2.75) is 19.3 Å². The zero-order valence-corrected chi connectivity index (χ0v) is 16.6. The Labute approximate surface area is 167 Å². The van der Waals surface area contributed by atoms with Crippen LogP contribution >= 0.6 is 11.3 Å². The number of nitrogens with zero attached hydrogens (tertiary/aromatic N) is 3. The van der Waals surface area contributed by atoms with Crippen LogP contribution < -0.4 is 10.2 Å². The van der Waals surface area contributed by atoms with Crippen LogP contribution in [0, 0.1) is 5.41 Å². The molecule has 5 nitrogen and oxygen atoms in total. The molecule has 1 spiro atoms. The van der Waals surface area contributed by atoms with Crippen molar-refractivity contribution in [3.05, 3.63) is 42.2 Å². The van der Waals surface area contributed by atoms with E-state index in [9.17, 15) is 0 Å². The molecule has 4 aromatic rings. The van der Waals surface area contributed by atoms with E-state index in [1.54, 1.807) is 11.3 Å². The number of hydrogen-bond acceptors (Lipinski definition) is 5. The number of anilines is 1. The minimum Gasteiger partial charge on any atom is -0.370 e. The van der Waals surface area contributed by atoms with E-state index in [0.29, 0.717) is 5.41 Å². The summed E-state index contributed by atoms with van der Waals surface area (Å²) in [5.41, 5.74) is 8.20. The second-order valence-electron chi connectivity index (χ2n) is 8.21. The monoisotopic (exact) mass is 389 g/mol. The summed E-state index contributed by atoms with van der Waals surface area (Å²) in [5.74, 6) is 0. The van der Waals surface area contributed by atoms with E-state index in [-0.39, 0.29) is 0 Å². The van der Waals surface area contributed by atoms with Crippen molar-refractivity contribution in [3.8, 4) is 11.1 Å². The molecule has 2 fully saturated rings. The molecule has 2 aliphatic heterocycles. The number of piperidine rings is 1. The van der Waals surface area contributed by atoms with Gasteiger partial charge in [-0.15, -0.1) is 11.3 Å². The van der Waals surface area contributed by atoms with Gasteiger partial charge >= 0.3 is 0 Å². The molecule has 0 bridgehead atoms. The summed E-state index contributed by atoms with van der Waals surface area (Å²) >= 11 is 1.69. The van der Waals surface area contributed by atoms with Gasteiger partial charge in [-0.25, -0.2) is 9.97 Å². The highest BCUT2D eigenvalue weighted by molar-refractivity contribution is 7.16. The van der Waals surface area contributed by atoms with Crippen molar-refractivity contribution in [1.29, 1.82) is 0 Å². The molecule has 2 N–H and O–H groups in total. The Morgan fingerprint density at radius 3 is 2.86 bits per heavy atom. The minimum absolute atomic E-state index is 0.514. The SMILES string of the molecule is c1cc2c(N3CCC4(CCNC4)CC3)c(-c3ccc4scnc4c3)cnc2[nH]1. The van der Waals surface area contributed by atoms with Crippen molar-refractivity contribution in [3.63, 3.8) is 0 Å². The Bertz CT molecular complexity index is 1140. The molecule has 2 aliphatic rings. The highest BCUT2D eigenvalue weighted by atomic mass is 32.1. The van der Waals surface area contributed by atoms with Crippen LogP contribution in [0.15, 0.2) is 42.2 Å². The highest BCUT2D eigenvalue weighted by Gasteiger charge is 2.37. The average Bonchev–Trinajstić information content (AvgIpc) is 3.48. The van der Waals surface area contributed by atoms with Gasteiger partial charge in [0, 0.05) is 43.0 Å². The van der Waals surface area contributed by atoms with E-state index in [2.05, 4.69) is 44.5 Å². The summed E-state index contributed by atoms with van der Waals surface area (Å²) in [5, 5.41) is 4.79. The van der Waals surface area contributed by atoms with Gasteiger partial charge in [-0.1, -0.05) is 6.07 Å². The number of pyridine rings is 1. The van der Waals surface area contributed by atoms with Gasteiger partial charge in [0.25, 0.3) is 0 Å². The van der Waals surface area contributed by atoms with Gasteiger partial charge < -0.3 is 15.2 Å². The molecule has 5 heterocycles. The minimum atomic E-state index is 0.514. The van der Waals surface area contributed by atoms with Crippen LogP contribution in [-0.2, 0) is 0 Å². The summed E-state index contributed by atoms with van der Waals surface area (Å²) in [6, 6.07) is 8.77. The van der Waals surface area contributed by atoms with E-state index >= 15 is 0 Å². The van der Waals surface area contributed by atoms with Crippen molar-refractivity contribution in [2.24, 2.45) is 5.41 Å². The first kappa shape index (κ1) is 16.5. The summed E-state index contributed by atoms with van der Waals surface area (Å²) in [4.78, 5) is 15.1. The van der Waals surface area contributed by atoms with E-state index in [0.717, 1.165) is 24.3 Å². The lowest BCUT2D eigenvalue weighted by molar-refractivity contribution is 0.248. The Kier molecular flexibility index (Phi) is 3.71. The smallest absolute Gasteiger partial charge is 0.139 e. The third-order valence-electron chi connectivity index (χ3n) is 6.67. The van der Waals surface area contributed by atoms with E-state index in [4.69, 9.17) is 4.98 Å². The van der Waals surface area contributed by atoms with Crippen LogP contribution in [0.5, 0.6) is 0 Å². The molecule has 0 amide bonds. The Balaban J connectivity index is 1.45. The predicted molar refractivity (Wildman–Crippen MR) is 116 cm³/mol. The zero-order valence-electron chi connectivity index (χ0n) is 15.7.